The molecule has 1 amide bonds. The number of nitrogens with one attached hydrogen (secondary N) is 1. The number of hydrogen-bond donors (Lipinski definition) is 1. The predicted molar refractivity (Wildman–Crippen MR) is 72.0 cm³/mol. The molecule has 3 rings (SSSR count). The number of carbonyl (C=O) groups excluding carboxylic acids is 1. The molecule has 2 aromatic rings. The lowest BCUT2D eigenvalue weighted by atomic mass is 10.1. The highest BCUT2D eigenvalue weighted by Gasteiger charge is 2.26. The molecule has 2 heterocycles. The highest BCUT2D eigenvalue weighted by Crippen LogP contribution is 2.20. The summed E-state index contributed by atoms with van der Waals surface area (Å²) in [6.45, 7) is 2.32. The first-order valence-corrected chi connectivity index (χ1v) is 6.49. The van der Waals surface area contributed by atoms with Gasteiger partial charge < -0.3 is 14.6 Å². The molecule has 1 unspecified atom stereocenters. The third kappa shape index (κ3) is 2.33. The minimum Gasteiger partial charge on any atom is -0.384 e. The Balaban J connectivity index is 1.76. The average molecular weight is 259 g/mol. The van der Waals surface area contributed by atoms with Gasteiger partial charge in [-0.3, -0.25) is 4.79 Å². The van der Waals surface area contributed by atoms with E-state index in [1.165, 1.54) is 0 Å². The van der Waals surface area contributed by atoms with Crippen LogP contribution in [-0.2, 0) is 4.74 Å². The number of amides is 1. The molecular weight excluding hydrogens is 242 g/mol. The predicted octanol–water partition coefficient (Wildman–Crippen LogP) is 1.67. The molecule has 1 aromatic heterocycles. The largest absolute Gasteiger partial charge is 0.384 e. The van der Waals surface area contributed by atoms with E-state index in [1.54, 1.807) is 13.4 Å². The number of likely N-dealkylation sites (tertiary alicyclic amines) is 1. The van der Waals surface area contributed by atoms with E-state index >= 15 is 0 Å². The molecule has 1 fully saturated rings. The number of imidazole rings is 1. The Morgan fingerprint density at radius 1 is 1.58 bits per heavy atom. The van der Waals surface area contributed by atoms with E-state index in [0.717, 1.165) is 42.7 Å². The monoisotopic (exact) mass is 259 g/mol. The van der Waals surface area contributed by atoms with Crippen molar-refractivity contribution in [2.24, 2.45) is 5.92 Å². The molecular formula is C14H17N3O2. The zero-order valence-corrected chi connectivity index (χ0v) is 10.9. The van der Waals surface area contributed by atoms with Crippen molar-refractivity contribution in [3.05, 3.63) is 30.1 Å². The van der Waals surface area contributed by atoms with E-state index < -0.39 is 0 Å². The van der Waals surface area contributed by atoms with Crippen molar-refractivity contribution >= 4 is 16.9 Å². The molecule has 1 atom stereocenters. The van der Waals surface area contributed by atoms with Crippen LogP contribution in [0.5, 0.6) is 0 Å². The molecule has 1 N–H and O–H groups in total. The van der Waals surface area contributed by atoms with Crippen LogP contribution in [0.2, 0.25) is 0 Å². The number of aromatic nitrogens is 2. The minimum absolute atomic E-state index is 0.0927. The van der Waals surface area contributed by atoms with Crippen LogP contribution in [0.1, 0.15) is 16.8 Å². The molecule has 0 spiro atoms. The summed E-state index contributed by atoms with van der Waals surface area (Å²) in [5.41, 5.74) is 2.50. The van der Waals surface area contributed by atoms with Crippen LogP contribution in [0.15, 0.2) is 24.5 Å². The fourth-order valence-electron chi connectivity index (χ4n) is 2.64. The molecule has 1 aliphatic heterocycles. The van der Waals surface area contributed by atoms with Crippen LogP contribution < -0.4 is 0 Å². The second-order valence-electron chi connectivity index (χ2n) is 5.00. The highest BCUT2D eigenvalue weighted by molar-refractivity contribution is 5.97. The van der Waals surface area contributed by atoms with Gasteiger partial charge in [0, 0.05) is 31.7 Å². The van der Waals surface area contributed by atoms with E-state index in [2.05, 4.69) is 9.97 Å². The van der Waals surface area contributed by atoms with Crippen LogP contribution in [0, 0.1) is 5.92 Å². The summed E-state index contributed by atoms with van der Waals surface area (Å²) in [4.78, 5) is 21.5. The van der Waals surface area contributed by atoms with Gasteiger partial charge in [0.2, 0.25) is 0 Å². The van der Waals surface area contributed by atoms with Gasteiger partial charge in [-0.25, -0.2) is 4.98 Å². The van der Waals surface area contributed by atoms with Gasteiger partial charge in [-0.05, 0) is 24.6 Å². The van der Waals surface area contributed by atoms with Crippen molar-refractivity contribution in [2.45, 2.75) is 6.42 Å². The van der Waals surface area contributed by atoms with Crippen molar-refractivity contribution < 1.29 is 9.53 Å². The summed E-state index contributed by atoms with van der Waals surface area (Å²) in [6.07, 6.45) is 2.66. The zero-order valence-electron chi connectivity index (χ0n) is 10.9. The molecule has 19 heavy (non-hydrogen) atoms. The maximum Gasteiger partial charge on any atom is 0.253 e. The fraction of sp³-hybridized carbons (Fsp3) is 0.429. The molecule has 1 aliphatic rings. The molecule has 1 saturated heterocycles. The lowest BCUT2D eigenvalue weighted by molar-refractivity contribution is 0.0775. The summed E-state index contributed by atoms with van der Waals surface area (Å²) >= 11 is 0. The normalized spacial score (nSPS) is 19.2. The first kappa shape index (κ1) is 12.2. The van der Waals surface area contributed by atoms with Crippen molar-refractivity contribution in [3.8, 4) is 0 Å². The Morgan fingerprint density at radius 2 is 2.47 bits per heavy atom. The molecule has 100 valence electrons. The van der Waals surface area contributed by atoms with Gasteiger partial charge in [-0.15, -0.1) is 0 Å². The van der Waals surface area contributed by atoms with Crippen LogP contribution >= 0.6 is 0 Å². The molecule has 1 aromatic carbocycles. The molecule has 0 saturated carbocycles. The van der Waals surface area contributed by atoms with E-state index in [4.69, 9.17) is 4.74 Å². The summed E-state index contributed by atoms with van der Waals surface area (Å²) in [5, 5.41) is 0. The number of fused-ring (bicyclic) bond motifs is 1. The number of rotatable bonds is 3. The van der Waals surface area contributed by atoms with Crippen molar-refractivity contribution in [1.82, 2.24) is 14.9 Å². The number of methoxy groups -OCH3 is 1. The summed E-state index contributed by atoms with van der Waals surface area (Å²) in [5.74, 6) is 0.555. The Morgan fingerprint density at radius 3 is 3.32 bits per heavy atom. The SMILES string of the molecule is COCC1CCN(C(=O)c2ccc3nc[nH]c3c2)C1. The summed E-state index contributed by atoms with van der Waals surface area (Å²) in [7, 11) is 1.71. The smallest absolute Gasteiger partial charge is 0.253 e. The average Bonchev–Trinajstić information content (AvgIpc) is 3.05. The van der Waals surface area contributed by atoms with Crippen molar-refractivity contribution in [3.63, 3.8) is 0 Å². The van der Waals surface area contributed by atoms with Crippen LogP contribution in [0.4, 0.5) is 0 Å². The highest BCUT2D eigenvalue weighted by atomic mass is 16.5. The van der Waals surface area contributed by atoms with Gasteiger partial charge >= 0.3 is 0 Å². The second-order valence-corrected chi connectivity index (χ2v) is 5.00. The number of H-pyrrole nitrogens is 1. The van der Waals surface area contributed by atoms with E-state index in [-0.39, 0.29) is 5.91 Å². The third-order valence-electron chi connectivity index (χ3n) is 3.64. The van der Waals surface area contributed by atoms with E-state index in [1.807, 2.05) is 23.1 Å². The summed E-state index contributed by atoms with van der Waals surface area (Å²) < 4.78 is 5.16. The van der Waals surface area contributed by atoms with E-state index in [0.29, 0.717) is 5.92 Å². The van der Waals surface area contributed by atoms with Gasteiger partial charge in [0.15, 0.2) is 0 Å². The summed E-state index contributed by atoms with van der Waals surface area (Å²) in [6, 6.07) is 5.59. The molecule has 5 heteroatoms. The van der Waals surface area contributed by atoms with Gasteiger partial charge in [0.05, 0.1) is 24.0 Å². The zero-order chi connectivity index (χ0) is 13.2. The second kappa shape index (κ2) is 5.01. The third-order valence-corrected chi connectivity index (χ3v) is 3.64. The van der Waals surface area contributed by atoms with E-state index in [9.17, 15) is 4.79 Å². The lowest BCUT2D eigenvalue weighted by Crippen LogP contribution is -2.29. The van der Waals surface area contributed by atoms with Crippen LogP contribution in [-0.4, -0.2) is 47.6 Å². The maximum absolute atomic E-state index is 12.4. The molecule has 0 aliphatic carbocycles. The number of carbonyl (C=O) groups is 1. The van der Waals surface area contributed by atoms with Gasteiger partial charge in [-0.2, -0.15) is 0 Å². The maximum atomic E-state index is 12.4. The Labute approximate surface area is 111 Å². The fourth-order valence-corrected chi connectivity index (χ4v) is 2.64. The lowest BCUT2D eigenvalue weighted by Gasteiger charge is -2.16. The quantitative estimate of drug-likeness (QED) is 0.912. The first-order chi connectivity index (χ1) is 9.28. The van der Waals surface area contributed by atoms with Crippen molar-refractivity contribution in [1.29, 1.82) is 0 Å². The van der Waals surface area contributed by atoms with Crippen LogP contribution in [0.3, 0.4) is 0 Å². The molecule has 0 bridgehead atoms. The number of nitrogens with zero attached hydrogens (tertiary/aromatic N) is 2. The number of hydrogen-bond acceptors (Lipinski definition) is 3. The molecule has 5 nitrogen and oxygen atoms in total. The first-order valence-electron chi connectivity index (χ1n) is 6.49. The van der Waals surface area contributed by atoms with Crippen molar-refractivity contribution in [2.75, 3.05) is 26.8 Å². The van der Waals surface area contributed by atoms with Crippen LogP contribution in [0.25, 0.3) is 11.0 Å². The van der Waals surface area contributed by atoms with Gasteiger partial charge in [0.25, 0.3) is 5.91 Å². The Hall–Kier alpha value is -1.88. The molecule has 0 radical (unpaired) electrons. The standard InChI is InChI=1S/C14H17N3O2/c1-19-8-10-4-5-17(7-10)14(18)11-2-3-12-13(6-11)16-9-15-12/h2-3,6,9-10H,4-5,7-8H2,1H3,(H,15,16). The minimum atomic E-state index is 0.0927. The topological polar surface area (TPSA) is 58.2 Å². The Bertz CT molecular complexity index is 593. The van der Waals surface area contributed by atoms with Gasteiger partial charge in [-0.1, -0.05) is 0 Å². The van der Waals surface area contributed by atoms with Gasteiger partial charge in [0.1, 0.15) is 0 Å². The number of ether oxygens (including phenoxy) is 1. The number of aromatic amines is 1. The number of benzene rings is 1. The Kier molecular flexibility index (Phi) is 3.21.